The number of carbonyl (C=O) groups excluding carboxylic acids is 3. The predicted molar refractivity (Wildman–Crippen MR) is 187 cm³/mol. The van der Waals surface area contributed by atoms with Crippen molar-refractivity contribution in [2.75, 3.05) is 0 Å². The molecule has 0 radical (unpaired) electrons. The summed E-state index contributed by atoms with van der Waals surface area (Å²) in [6, 6.07) is 10.4. The summed E-state index contributed by atoms with van der Waals surface area (Å²) in [4.78, 5) is 63.5. The molecule has 0 saturated carbocycles. The summed E-state index contributed by atoms with van der Waals surface area (Å²) in [5.41, 5.74) is -0.763. The standard InChI is InChI=1S/C20H22F3N3O4.C17H16F3N3O4/c1-12(2)29-18(27)16(11-17-24-9-4-10-25-17)30-19(28)26-13(3)14-5-7-15(8-6-14)20(21,22)23;1-10(11-3-5-12(6-4-11)17(18,19)20)23-16(26)27-13(15(24)25)9-14-21-7-2-8-22-14/h4-10,12-13,16H,11H2,1-3H3,(H,26,28);2-8,10,13H,9H2,1H3,(H,23,26)(H,24,25)/t13-,16+;10-,13+/m00/s1. The Hall–Kier alpha value is -6.34. The van der Waals surface area contributed by atoms with E-state index in [2.05, 4.69) is 30.6 Å². The lowest BCUT2D eigenvalue weighted by Crippen LogP contribution is -2.38. The molecule has 4 rings (SSSR count). The van der Waals surface area contributed by atoms with Gasteiger partial charge in [0.25, 0.3) is 0 Å². The Morgan fingerprint density at radius 1 is 0.596 bits per heavy atom. The van der Waals surface area contributed by atoms with E-state index in [1.54, 1.807) is 32.9 Å². The van der Waals surface area contributed by atoms with Crippen LogP contribution in [0, 0.1) is 0 Å². The van der Waals surface area contributed by atoms with E-state index in [-0.39, 0.29) is 24.5 Å². The van der Waals surface area contributed by atoms with Gasteiger partial charge < -0.3 is 30.0 Å². The number of nitrogens with zero attached hydrogens (tertiary/aromatic N) is 4. The van der Waals surface area contributed by atoms with Crippen LogP contribution in [-0.4, -0.2) is 67.5 Å². The number of hydrogen-bond donors (Lipinski definition) is 3. The Labute approximate surface area is 322 Å². The second kappa shape index (κ2) is 20.5. The number of alkyl carbamates (subject to hydrolysis) is 2. The fourth-order valence-corrected chi connectivity index (χ4v) is 4.63. The molecule has 0 saturated heterocycles. The molecule has 3 N–H and O–H groups in total. The van der Waals surface area contributed by atoms with Gasteiger partial charge in [-0.2, -0.15) is 26.3 Å². The van der Waals surface area contributed by atoms with Crippen molar-refractivity contribution in [3.63, 3.8) is 0 Å². The molecule has 2 aromatic heterocycles. The number of halogens is 6. The molecule has 4 aromatic rings. The first kappa shape index (κ1) is 45.1. The number of esters is 1. The molecule has 0 aliphatic carbocycles. The summed E-state index contributed by atoms with van der Waals surface area (Å²) >= 11 is 0. The number of aromatic nitrogens is 4. The van der Waals surface area contributed by atoms with E-state index in [1.165, 1.54) is 56.0 Å². The highest BCUT2D eigenvalue weighted by Gasteiger charge is 2.32. The van der Waals surface area contributed by atoms with Crippen LogP contribution in [0.15, 0.2) is 85.5 Å². The Morgan fingerprint density at radius 2 is 0.947 bits per heavy atom. The third kappa shape index (κ3) is 15.4. The fraction of sp³-hybridized carbons (Fsp3) is 0.351. The number of ether oxygens (including phenoxy) is 3. The second-order valence-electron chi connectivity index (χ2n) is 12.3. The SMILES string of the molecule is CC(C)OC(=O)[C@@H](Cc1ncccn1)OC(=O)N[C@@H](C)c1ccc(C(F)(F)F)cc1.C[C@H](NC(=O)O[C@H](Cc1ncccn1)C(=O)O)c1ccc(C(F)(F)F)cc1. The Morgan fingerprint density at radius 3 is 1.28 bits per heavy atom. The lowest BCUT2D eigenvalue weighted by atomic mass is 10.1. The van der Waals surface area contributed by atoms with Gasteiger partial charge in [0.15, 0.2) is 0 Å². The highest BCUT2D eigenvalue weighted by molar-refractivity contribution is 5.79. The number of amides is 2. The topological polar surface area (TPSA) is 192 Å². The van der Waals surface area contributed by atoms with Gasteiger partial charge in [-0.1, -0.05) is 24.3 Å². The van der Waals surface area contributed by atoms with E-state index in [9.17, 15) is 50.6 Å². The van der Waals surface area contributed by atoms with Gasteiger partial charge in [0.05, 0.1) is 42.2 Å². The molecule has 0 bridgehead atoms. The van der Waals surface area contributed by atoms with Crippen molar-refractivity contribution in [3.8, 4) is 0 Å². The first-order valence-corrected chi connectivity index (χ1v) is 17.0. The number of hydrogen-bond acceptors (Lipinski definition) is 11. The Balaban J connectivity index is 0.000000307. The van der Waals surface area contributed by atoms with E-state index in [0.717, 1.165) is 24.3 Å². The van der Waals surface area contributed by atoms with Gasteiger partial charge in [-0.3, -0.25) is 0 Å². The number of carbonyl (C=O) groups is 4. The van der Waals surface area contributed by atoms with Crippen molar-refractivity contribution in [1.82, 2.24) is 30.6 Å². The first-order valence-electron chi connectivity index (χ1n) is 17.0. The van der Waals surface area contributed by atoms with Crippen LogP contribution in [0.2, 0.25) is 0 Å². The summed E-state index contributed by atoms with van der Waals surface area (Å²) in [6.45, 7) is 6.41. The molecular weight excluding hydrogens is 770 g/mol. The zero-order chi connectivity index (χ0) is 42.3. The minimum absolute atomic E-state index is 0.0888. The van der Waals surface area contributed by atoms with Crippen molar-refractivity contribution < 1.29 is 64.8 Å². The smallest absolute Gasteiger partial charge is 0.416 e. The highest BCUT2D eigenvalue weighted by atomic mass is 19.4. The minimum atomic E-state index is -4.46. The number of carboxylic acid groups (broad SMARTS) is 1. The van der Waals surface area contributed by atoms with Gasteiger partial charge >= 0.3 is 36.5 Å². The van der Waals surface area contributed by atoms with E-state index in [4.69, 9.17) is 14.2 Å². The molecule has 14 nitrogen and oxygen atoms in total. The number of alkyl halides is 6. The summed E-state index contributed by atoms with van der Waals surface area (Å²) in [7, 11) is 0. The lowest BCUT2D eigenvalue weighted by Gasteiger charge is -2.20. The van der Waals surface area contributed by atoms with Crippen LogP contribution in [0.3, 0.4) is 0 Å². The monoisotopic (exact) mass is 808 g/mol. The minimum Gasteiger partial charge on any atom is -0.478 e. The first-order chi connectivity index (χ1) is 26.7. The van der Waals surface area contributed by atoms with Crippen LogP contribution in [-0.2, 0) is 49.0 Å². The number of benzene rings is 2. The summed E-state index contributed by atoms with van der Waals surface area (Å²) in [5.74, 6) is -1.66. The van der Waals surface area contributed by atoms with Gasteiger partial charge in [-0.25, -0.2) is 39.1 Å². The molecule has 20 heteroatoms. The summed E-state index contributed by atoms with van der Waals surface area (Å²) < 4.78 is 90.9. The maximum Gasteiger partial charge on any atom is 0.416 e. The van der Waals surface area contributed by atoms with Crippen molar-refractivity contribution >= 4 is 24.1 Å². The molecule has 0 fully saturated rings. The molecule has 0 aliphatic rings. The van der Waals surface area contributed by atoms with Gasteiger partial charge in [0.2, 0.25) is 12.2 Å². The maximum absolute atomic E-state index is 12.7. The molecule has 4 atom stereocenters. The molecule has 57 heavy (non-hydrogen) atoms. The lowest BCUT2D eigenvalue weighted by molar-refractivity contribution is -0.157. The predicted octanol–water partition coefficient (Wildman–Crippen LogP) is 6.82. The normalized spacial score (nSPS) is 13.5. The Bertz CT molecular complexity index is 1900. The number of nitrogens with one attached hydrogen (secondary N) is 2. The summed E-state index contributed by atoms with van der Waals surface area (Å²) in [5, 5.41) is 14.0. The summed E-state index contributed by atoms with van der Waals surface area (Å²) in [6.07, 6.45) is -8.56. The van der Waals surface area contributed by atoms with Crippen molar-refractivity contribution in [2.45, 2.75) is 83.3 Å². The third-order valence-electron chi connectivity index (χ3n) is 7.51. The van der Waals surface area contributed by atoms with E-state index >= 15 is 0 Å². The van der Waals surface area contributed by atoms with Crippen LogP contribution < -0.4 is 10.6 Å². The van der Waals surface area contributed by atoms with Crippen LogP contribution in [0.25, 0.3) is 0 Å². The van der Waals surface area contributed by atoms with E-state index in [0.29, 0.717) is 11.1 Å². The third-order valence-corrected chi connectivity index (χ3v) is 7.51. The van der Waals surface area contributed by atoms with Crippen molar-refractivity contribution in [3.05, 3.63) is 119 Å². The zero-order valence-electron chi connectivity index (χ0n) is 30.7. The molecule has 2 aromatic carbocycles. The molecule has 2 heterocycles. The molecule has 306 valence electrons. The molecule has 2 amide bonds. The van der Waals surface area contributed by atoms with Gasteiger partial charge in [-0.05, 0) is 75.2 Å². The average Bonchev–Trinajstić information content (AvgIpc) is 3.14. The quantitative estimate of drug-likeness (QED) is 0.0727. The van der Waals surface area contributed by atoms with Crippen molar-refractivity contribution in [2.24, 2.45) is 0 Å². The average molecular weight is 809 g/mol. The van der Waals surface area contributed by atoms with Crippen LogP contribution >= 0.6 is 0 Å². The number of aliphatic carboxylic acids is 1. The molecular formula is C37H38F6N6O8. The van der Waals surface area contributed by atoms with Gasteiger partial charge in [0.1, 0.15) is 11.6 Å². The highest BCUT2D eigenvalue weighted by Crippen LogP contribution is 2.31. The number of carboxylic acids is 1. The fourth-order valence-electron chi connectivity index (χ4n) is 4.63. The van der Waals surface area contributed by atoms with Crippen LogP contribution in [0.1, 0.15) is 73.7 Å². The van der Waals surface area contributed by atoms with E-state index in [1.807, 2.05) is 0 Å². The van der Waals surface area contributed by atoms with Crippen LogP contribution in [0.4, 0.5) is 35.9 Å². The van der Waals surface area contributed by atoms with E-state index < -0.39 is 78.0 Å². The van der Waals surface area contributed by atoms with Gasteiger partial charge in [-0.15, -0.1) is 0 Å². The zero-order valence-corrected chi connectivity index (χ0v) is 30.7. The van der Waals surface area contributed by atoms with Crippen molar-refractivity contribution in [1.29, 1.82) is 0 Å². The molecule has 0 aliphatic heterocycles. The van der Waals surface area contributed by atoms with Gasteiger partial charge in [0, 0.05) is 24.8 Å². The maximum atomic E-state index is 12.7. The van der Waals surface area contributed by atoms with Crippen LogP contribution in [0.5, 0.6) is 0 Å². The molecule has 0 unspecified atom stereocenters. The largest absolute Gasteiger partial charge is 0.478 e. The Kier molecular flexibility index (Phi) is 16.2. The number of rotatable bonds is 13. The molecule has 0 spiro atoms. The second-order valence-corrected chi connectivity index (χ2v) is 12.3.